The maximum atomic E-state index is 12.5. The minimum Gasteiger partial charge on any atom is -0.451 e. The minimum absolute atomic E-state index is 0.0619. The van der Waals surface area contributed by atoms with Gasteiger partial charge in [0, 0.05) is 17.6 Å². The van der Waals surface area contributed by atoms with Crippen molar-refractivity contribution in [3.8, 4) is 10.7 Å². The van der Waals surface area contributed by atoms with Crippen molar-refractivity contribution in [3.63, 3.8) is 0 Å². The monoisotopic (exact) mass is 461 g/mol. The van der Waals surface area contributed by atoms with Crippen LogP contribution in [0, 0.1) is 13.8 Å². The van der Waals surface area contributed by atoms with E-state index in [4.69, 9.17) is 4.42 Å². The highest BCUT2D eigenvalue weighted by Crippen LogP contribution is 2.31. The van der Waals surface area contributed by atoms with E-state index in [1.807, 2.05) is 32.0 Å². The molecule has 0 spiro atoms. The van der Waals surface area contributed by atoms with Gasteiger partial charge in [-0.15, -0.1) is 11.3 Å². The molecule has 0 aliphatic heterocycles. The molecule has 0 saturated heterocycles. The summed E-state index contributed by atoms with van der Waals surface area (Å²) in [4.78, 5) is 30.1. The van der Waals surface area contributed by atoms with E-state index in [9.17, 15) is 9.59 Å². The van der Waals surface area contributed by atoms with Gasteiger partial charge in [0.05, 0.1) is 14.0 Å². The van der Waals surface area contributed by atoms with Crippen LogP contribution in [0.15, 0.2) is 43.3 Å². The molecule has 0 unspecified atom stereocenters. The van der Waals surface area contributed by atoms with Crippen LogP contribution in [0.2, 0.25) is 0 Å². The fraction of sp³-hybridized carbons (Fsp3) is 0.111. The van der Waals surface area contributed by atoms with E-state index in [0.717, 1.165) is 31.3 Å². The lowest BCUT2D eigenvalue weighted by atomic mass is 10.1. The van der Waals surface area contributed by atoms with Crippen LogP contribution >= 0.6 is 38.8 Å². The van der Waals surface area contributed by atoms with Crippen molar-refractivity contribution < 1.29 is 9.21 Å². The highest BCUT2D eigenvalue weighted by molar-refractivity contribution is 9.11. The Morgan fingerprint density at radius 3 is 2.78 bits per heavy atom. The molecule has 0 radical (unpaired) electrons. The molecule has 136 valence electrons. The van der Waals surface area contributed by atoms with Crippen molar-refractivity contribution in [3.05, 3.63) is 61.2 Å². The predicted molar refractivity (Wildman–Crippen MR) is 111 cm³/mol. The van der Waals surface area contributed by atoms with Crippen LogP contribution in [0.1, 0.15) is 21.7 Å². The Labute approximate surface area is 170 Å². The quantitative estimate of drug-likeness (QED) is 0.463. The first kappa shape index (κ1) is 18.0. The second-order valence-electron chi connectivity index (χ2n) is 5.91. The normalized spacial score (nSPS) is 11.1. The van der Waals surface area contributed by atoms with Crippen LogP contribution in [0.25, 0.3) is 21.7 Å². The molecule has 27 heavy (non-hydrogen) atoms. The third-order valence-corrected chi connectivity index (χ3v) is 6.09. The SMILES string of the molecule is Cc1cc(C)c2c(=O)cc(C(=O)Nc3nc(-c4ccc(Br)s4)ns3)oc2c1. The number of amides is 1. The number of benzene rings is 1. The van der Waals surface area contributed by atoms with Gasteiger partial charge in [-0.3, -0.25) is 14.9 Å². The molecule has 3 aromatic heterocycles. The molecule has 0 saturated carbocycles. The Hall–Kier alpha value is -2.36. The van der Waals surface area contributed by atoms with Crippen molar-refractivity contribution in [2.24, 2.45) is 0 Å². The maximum Gasteiger partial charge on any atom is 0.293 e. The van der Waals surface area contributed by atoms with Gasteiger partial charge in [-0.05, 0) is 59.1 Å². The fourth-order valence-corrected chi connectivity index (χ4v) is 4.70. The zero-order valence-corrected chi connectivity index (χ0v) is 17.4. The predicted octanol–water partition coefficient (Wildman–Crippen LogP) is 5.00. The summed E-state index contributed by atoms with van der Waals surface area (Å²) in [5.41, 5.74) is 1.92. The summed E-state index contributed by atoms with van der Waals surface area (Å²) in [5.74, 6) is -0.0615. The molecular formula is C18H12BrN3O3S2. The number of hydrogen-bond acceptors (Lipinski definition) is 7. The number of anilines is 1. The summed E-state index contributed by atoms with van der Waals surface area (Å²) in [6.45, 7) is 3.75. The molecule has 0 atom stereocenters. The Kier molecular flexibility index (Phi) is 4.67. The van der Waals surface area contributed by atoms with Gasteiger partial charge < -0.3 is 4.42 Å². The number of aryl methyl sites for hydroxylation is 2. The zero-order chi connectivity index (χ0) is 19.1. The Balaban J connectivity index is 1.64. The molecule has 1 N–H and O–H groups in total. The Bertz CT molecular complexity index is 1240. The van der Waals surface area contributed by atoms with E-state index in [-0.39, 0.29) is 11.2 Å². The van der Waals surface area contributed by atoms with Crippen molar-refractivity contribution in [1.29, 1.82) is 0 Å². The Morgan fingerprint density at radius 2 is 2.04 bits per heavy atom. The molecule has 0 aliphatic carbocycles. The Morgan fingerprint density at radius 1 is 1.22 bits per heavy atom. The first-order valence-corrected chi connectivity index (χ1v) is 10.2. The number of nitrogens with zero attached hydrogens (tertiary/aromatic N) is 2. The number of halogens is 1. The average Bonchev–Trinajstić information content (AvgIpc) is 3.22. The zero-order valence-electron chi connectivity index (χ0n) is 14.2. The van der Waals surface area contributed by atoms with E-state index in [0.29, 0.717) is 21.9 Å². The van der Waals surface area contributed by atoms with Crippen LogP contribution in [0.4, 0.5) is 5.13 Å². The third-order valence-electron chi connectivity index (χ3n) is 3.84. The summed E-state index contributed by atoms with van der Waals surface area (Å²) in [6.07, 6.45) is 0. The lowest BCUT2D eigenvalue weighted by Gasteiger charge is -2.05. The molecule has 4 rings (SSSR count). The summed E-state index contributed by atoms with van der Waals surface area (Å²) >= 11 is 5.97. The van der Waals surface area contributed by atoms with Gasteiger partial charge >= 0.3 is 0 Å². The van der Waals surface area contributed by atoms with Gasteiger partial charge in [0.2, 0.25) is 5.13 Å². The van der Waals surface area contributed by atoms with E-state index in [2.05, 4.69) is 30.6 Å². The summed E-state index contributed by atoms with van der Waals surface area (Å²) < 4.78 is 10.9. The molecule has 4 aromatic rings. The molecule has 0 bridgehead atoms. The molecule has 9 heteroatoms. The first-order chi connectivity index (χ1) is 12.9. The average molecular weight is 462 g/mol. The second-order valence-corrected chi connectivity index (χ2v) is 9.13. The van der Waals surface area contributed by atoms with Crippen molar-refractivity contribution in [2.75, 3.05) is 5.32 Å². The summed E-state index contributed by atoms with van der Waals surface area (Å²) in [6, 6.07) is 8.67. The van der Waals surface area contributed by atoms with E-state index in [1.165, 1.54) is 17.4 Å². The second kappa shape index (κ2) is 6.99. The largest absolute Gasteiger partial charge is 0.451 e. The molecule has 6 nitrogen and oxygen atoms in total. The molecule has 1 aromatic carbocycles. The van der Waals surface area contributed by atoms with Crippen molar-refractivity contribution in [2.45, 2.75) is 13.8 Å². The first-order valence-electron chi connectivity index (χ1n) is 7.86. The molecule has 0 aliphatic rings. The number of hydrogen-bond donors (Lipinski definition) is 1. The molecular weight excluding hydrogens is 450 g/mol. The number of rotatable bonds is 3. The van der Waals surface area contributed by atoms with Crippen LogP contribution in [0.5, 0.6) is 0 Å². The van der Waals surface area contributed by atoms with E-state index >= 15 is 0 Å². The molecule has 1 amide bonds. The van der Waals surface area contributed by atoms with Gasteiger partial charge in [-0.1, -0.05) is 6.07 Å². The number of carbonyl (C=O) groups is 1. The lowest BCUT2D eigenvalue weighted by molar-refractivity contribution is 0.0997. The van der Waals surface area contributed by atoms with Gasteiger partial charge in [0.15, 0.2) is 17.0 Å². The van der Waals surface area contributed by atoms with Crippen LogP contribution in [-0.2, 0) is 0 Å². The number of thiophene rings is 1. The van der Waals surface area contributed by atoms with Gasteiger partial charge in [-0.2, -0.15) is 9.36 Å². The number of aromatic nitrogens is 2. The molecule has 3 heterocycles. The summed E-state index contributed by atoms with van der Waals surface area (Å²) in [5, 5.41) is 3.46. The van der Waals surface area contributed by atoms with Crippen LogP contribution < -0.4 is 10.7 Å². The minimum atomic E-state index is -0.539. The number of fused-ring (bicyclic) bond motifs is 1. The smallest absolute Gasteiger partial charge is 0.293 e. The van der Waals surface area contributed by atoms with Gasteiger partial charge in [0.1, 0.15) is 5.58 Å². The molecule has 0 fully saturated rings. The topological polar surface area (TPSA) is 85.1 Å². The standard InChI is InChI=1S/C18H12BrN3O3S2/c1-8-5-9(2)15-10(23)7-12(25-11(15)6-8)17(24)21-18-20-16(22-27-18)13-3-4-14(19)26-13/h3-7H,1-2H3,(H,20,21,22,24). The van der Waals surface area contributed by atoms with E-state index in [1.54, 1.807) is 6.07 Å². The van der Waals surface area contributed by atoms with E-state index < -0.39 is 5.91 Å². The maximum absolute atomic E-state index is 12.5. The van der Waals surface area contributed by atoms with Crippen molar-refractivity contribution in [1.82, 2.24) is 9.36 Å². The summed E-state index contributed by atoms with van der Waals surface area (Å²) in [7, 11) is 0. The third kappa shape index (κ3) is 3.58. The highest BCUT2D eigenvalue weighted by Gasteiger charge is 2.17. The van der Waals surface area contributed by atoms with Crippen LogP contribution in [0.3, 0.4) is 0 Å². The van der Waals surface area contributed by atoms with Crippen molar-refractivity contribution >= 4 is 60.8 Å². The number of carbonyl (C=O) groups excluding carboxylic acids is 1. The van der Waals surface area contributed by atoms with Gasteiger partial charge in [0.25, 0.3) is 5.91 Å². The highest BCUT2D eigenvalue weighted by atomic mass is 79.9. The van der Waals surface area contributed by atoms with Gasteiger partial charge in [-0.25, -0.2) is 0 Å². The lowest BCUT2D eigenvalue weighted by Crippen LogP contribution is -2.15. The fourth-order valence-electron chi connectivity index (χ4n) is 2.74. The number of nitrogens with one attached hydrogen (secondary N) is 1. The van der Waals surface area contributed by atoms with Crippen LogP contribution in [-0.4, -0.2) is 15.3 Å².